The van der Waals surface area contributed by atoms with Gasteiger partial charge in [-0.2, -0.15) is 5.10 Å². The molecule has 3 heterocycles. The van der Waals surface area contributed by atoms with Crippen molar-refractivity contribution in [1.29, 1.82) is 0 Å². The highest BCUT2D eigenvalue weighted by atomic mass is 19.1. The lowest BCUT2D eigenvalue weighted by Crippen LogP contribution is -2.27. The summed E-state index contributed by atoms with van der Waals surface area (Å²) in [4.78, 5) is 21.4. The monoisotopic (exact) mass is 455 g/mol. The molecular weight excluding hydrogens is 433 g/mol. The van der Waals surface area contributed by atoms with Crippen molar-refractivity contribution in [2.45, 2.75) is 13.2 Å². The highest BCUT2D eigenvalue weighted by molar-refractivity contribution is 5.80. The minimum absolute atomic E-state index is 0.0469. The van der Waals surface area contributed by atoms with E-state index in [0.717, 1.165) is 22.4 Å². The van der Waals surface area contributed by atoms with E-state index < -0.39 is 6.67 Å². The molecule has 0 N–H and O–H groups in total. The Morgan fingerprint density at radius 3 is 2.50 bits per heavy atom. The molecule has 5 aromatic rings. The number of alkyl halides is 1. The zero-order valence-electron chi connectivity index (χ0n) is 18.6. The summed E-state index contributed by atoms with van der Waals surface area (Å²) < 4.78 is 22.2. The van der Waals surface area contributed by atoms with Gasteiger partial charge < -0.3 is 4.74 Å². The van der Waals surface area contributed by atoms with E-state index >= 15 is 0 Å². The van der Waals surface area contributed by atoms with Crippen LogP contribution in [-0.4, -0.2) is 31.0 Å². The van der Waals surface area contributed by atoms with Crippen LogP contribution in [-0.2, 0) is 20.2 Å². The standard InChI is InChI=1S/C26H22FN5O2/c1-31-16-22(18-10-13-28-14-11-18)25(30-31)19-6-8-20(9-7-19)34-17-24-29-23-5-3-2-4-21(23)26(33)32(24)15-12-27/h2-11,13-14,16H,12,15,17H2,1H3. The van der Waals surface area contributed by atoms with Crippen molar-refractivity contribution in [3.8, 4) is 28.1 Å². The van der Waals surface area contributed by atoms with Crippen LogP contribution >= 0.6 is 0 Å². The summed E-state index contributed by atoms with van der Waals surface area (Å²) >= 11 is 0. The second kappa shape index (κ2) is 9.27. The van der Waals surface area contributed by atoms with Crippen molar-refractivity contribution in [2.75, 3.05) is 6.67 Å². The summed E-state index contributed by atoms with van der Waals surface area (Å²) in [6, 6.07) is 18.5. The van der Waals surface area contributed by atoms with Crippen LogP contribution in [0.3, 0.4) is 0 Å². The Kier molecular flexibility index (Phi) is 5.86. The number of aryl methyl sites for hydroxylation is 1. The van der Waals surface area contributed by atoms with Gasteiger partial charge in [-0.3, -0.25) is 19.0 Å². The zero-order valence-corrected chi connectivity index (χ0v) is 18.6. The van der Waals surface area contributed by atoms with Crippen LogP contribution in [0, 0.1) is 0 Å². The number of hydrogen-bond acceptors (Lipinski definition) is 5. The molecule has 7 nitrogen and oxygen atoms in total. The first kappa shape index (κ1) is 21.5. The number of fused-ring (bicyclic) bond motifs is 1. The summed E-state index contributed by atoms with van der Waals surface area (Å²) in [5, 5.41) is 5.09. The second-order valence-electron chi connectivity index (χ2n) is 7.80. The molecule has 0 atom stereocenters. The van der Waals surface area contributed by atoms with E-state index in [1.807, 2.05) is 55.7 Å². The third-order valence-corrected chi connectivity index (χ3v) is 5.56. The van der Waals surface area contributed by atoms with Gasteiger partial charge in [0.1, 0.15) is 30.5 Å². The van der Waals surface area contributed by atoms with Crippen molar-refractivity contribution in [2.24, 2.45) is 7.05 Å². The van der Waals surface area contributed by atoms with Gasteiger partial charge in [-0.15, -0.1) is 0 Å². The first-order valence-electron chi connectivity index (χ1n) is 10.9. The van der Waals surface area contributed by atoms with E-state index in [-0.39, 0.29) is 18.7 Å². The molecule has 0 aliphatic carbocycles. The number of benzene rings is 2. The summed E-state index contributed by atoms with van der Waals surface area (Å²) in [7, 11) is 1.89. The lowest BCUT2D eigenvalue weighted by molar-refractivity contribution is 0.283. The predicted octanol–water partition coefficient (Wildman–Crippen LogP) is 4.41. The number of pyridine rings is 1. The van der Waals surface area contributed by atoms with Crippen LogP contribution in [0.25, 0.3) is 33.3 Å². The number of ether oxygens (including phenoxy) is 1. The first-order valence-corrected chi connectivity index (χ1v) is 10.9. The van der Waals surface area contributed by atoms with E-state index in [9.17, 15) is 9.18 Å². The maximum absolute atomic E-state index is 13.1. The Morgan fingerprint density at radius 2 is 1.74 bits per heavy atom. The molecule has 0 unspecified atom stereocenters. The van der Waals surface area contributed by atoms with Crippen LogP contribution < -0.4 is 10.3 Å². The molecule has 2 aromatic carbocycles. The van der Waals surface area contributed by atoms with Crippen LogP contribution in [0.5, 0.6) is 5.75 Å². The molecular formula is C26H22FN5O2. The van der Waals surface area contributed by atoms with Gasteiger partial charge in [0.05, 0.1) is 17.4 Å². The van der Waals surface area contributed by atoms with Crippen molar-refractivity contribution in [3.63, 3.8) is 0 Å². The fourth-order valence-corrected chi connectivity index (χ4v) is 3.94. The molecule has 0 amide bonds. The molecule has 0 aliphatic heterocycles. The van der Waals surface area contributed by atoms with Gasteiger partial charge in [-0.25, -0.2) is 9.37 Å². The van der Waals surface area contributed by atoms with Crippen LogP contribution in [0.15, 0.2) is 84.0 Å². The van der Waals surface area contributed by atoms with Crippen molar-refractivity contribution in [1.82, 2.24) is 24.3 Å². The number of halogens is 1. The minimum Gasteiger partial charge on any atom is -0.486 e. The summed E-state index contributed by atoms with van der Waals surface area (Å²) in [5.41, 5.74) is 4.14. The summed E-state index contributed by atoms with van der Waals surface area (Å²) in [6.45, 7) is -0.678. The SMILES string of the molecule is Cn1cc(-c2ccncc2)c(-c2ccc(OCc3nc4ccccc4c(=O)n3CCF)cc2)n1. The molecule has 3 aromatic heterocycles. The molecule has 0 spiro atoms. The normalized spacial score (nSPS) is 11.1. The van der Waals surface area contributed by atoms with Gasteiger partial charge in [0.25, 0.3) is 5.56 Å². The van der Waals surface area contributed by atoms with Gasteiger partial charge in [-0.05, 0) is 54.1 Å². The van der Waals surface area contributed by atoms with Gasteiger partial charge in [0.2, 0.25) is 0 Å². The molecule has 170 valence electrons. The smallest absolute Gasteiger partial charge is 0.261 e. The average molecular weight is 455 g/mol. The van der Waals surface area contributed by atoms with Crippen molar-refractivity contribution < 1.29 is 9.13 Å². The molecule has 0 saturated carbocycles. The van der Waals surface area contributed by atoms with E-state index in [1.54, 1.807) is 35.3 Å². The maximum Gasteiger partial charge on any atom is 0.261 e. The Balaban J connectivity index is 1.40. The van der Waals surface area contributed by atoms with Crippen LogP contribution in [0.2, 0.25) is 0 Å². The fraction of sp³-hybridized carbons (Fsp3) is 0.154. The summed E-state index contributed by atoms with van der Waals surface area (Å²) in [6.07, 6.45) is 5.49. The molecule has 5 rings (SSSR count). The fourth-order valence-electron chi connectivity index (χ4n) is 3.94. The van der Waals surface area contributed by atoms with Crippen molar-refractivity contribution >= 4 is 10.9 Å². The topological polar surface area (TPSA) is 74.8 Å². The van der Waals surface area contributed by atoms with Gasteiger partial charge in [0, 0.05) is 36.8 Å². The molecule has 0 aliphatic rings. The molecule has 0 fully saturated rings. The van der Waals surface area contributed by atoms with E-state index in [4.69, 9.17) is 4.74 Å². The molecule has 8 heteroatoms. The Labute approximate surface area is 195 Å². The highest BCUT2D eigenvalue weighted by Crippen LogP contribution is 2.31. The molecule has 0 saturated heterocycles. The zero-order chi connectivity index (χ0) is 23.5. The Bertz CT molecular complexity index is 1490. The van der Waals surface area contributed by atoms with Crippen LogP contribution in [0.1, 0.15) is 5.82 Å². The molecule has 0 bridgehead atoms. The first-order chi connectivity index (χ1) is 16.6. The predicted molar refractivity (Wildman–Crippen MR) is 128 cm³/mol. The largest absolute Gasteiger partial charge is 0.486 e. The lowest BCUT2D eigenvalue weighted by Gasteiger charge is -2.13. The average Bonchev–Trinajstić information content (AvgIpc) is 3.27. The quantitative estimate of drug-likeness (QED) is 0.364. The minimum atomic E-state index is -0.661. The third kappa shape index (κ3) is 4.17. The van der Waals surface area contributed by atoms with E-state index in [1.165, 1.54) is 4.57 Å². The van der Waals surface area contributed by atoms with E-state index in [2.05, 4.69) is 15.1 Å². The lowest BCUT2D eigenvalue weighted by atomic mass is 10.0. The third-order valence-electron chi connectivity index (χ3n) is 5.56. The van der Waals surface area contributed by atoms with E-state index in [0.29, 0.717) is 22.5 Å². The molecule has 34 heavy (non-hydrogen) atoms. The number of para-hydroxylation sites is 1. The van der Waals surface area contributed by atoms with Crippen LogP contribution in [0.4, 0.5) is 4.39 Å². The second-order valence-corrected chi connectivity index (χ2v) is 7.80. The summed E-state index contributed by atoms with van der Waals surface area (Å²) in [5.74, 6) is 0.995. The Morgan fingerprint density at radius 1 is 0.971 bits per heavy atom. The number of aromatic nitrogens is 5. The number of rotatable bonds is 7. The Hall–Kier alpha value is -4.33. The number of nitrogens with zero attached hydrogens (tertiary/aromatic N) is 5. The van der Waals surface area contributed by atoms with Gasteiger partial charge >= 0.3 is 0 Å². The van der Waals surface area contributed by atoms with Gasteiger partial charge in [0.15, 0.2) is 0 Å². The number of hydrogen-bond donors (Lipinski definition) is 0. The highest BCUT2D eigenvalue weighted by Gasteiger charge is 2.14. The molecule has 0 radical (unpaired) electrons. The maximum atomic E-state index is 13.1. The van der Waals surface area contributed by atoms with Crippen molar-refractivity contribution in [3.05, 3.63) is 95.4 Å². The van der Waals surface area contributed by atoms with Gasteiger partial charge in [-0.1, -0.05) is 12.1 Å².